The van der Waals surface area contributed by atoms with Crippen molar-refractivity contribution in [2.24, 2.45) is 5.41 Å². The lowest BCUT2D eigenvalue weighted by Crippen LogP contribution is -2.39. The maximum absolute atomic E-state index is 12.3. The maximum Gasteiger partial charge on any atom is 0.348 e. The van der Waals surface area contributed by atoms with Crippen LogP contribution in [0.5, 0.6) is 0 Å². The molecular weight excluding hydrogens is 288 g/mol. The molecule has 0 aromatic carbocycles. The fourth-order valence-electron chi connectivity index (χ4n) is 2.50. The molecule has 0 aromatic rings. The van der Waals surface area contributed by atoms with Gasteiger partial charge in [-0.2, -0.15) is 4.79 Å². The highest BCUT2D eigenvalue weighted by Gasteiger charge is 2.41. The first-order valence-corrected chi connectivity index (χ1v) is 9.03. The molecule has 0 aliphatic heterocycles. The van der Waals surface area contributed by atoms with E-state index in [2.05, 4.69) is 4.79 Å². The first-order chi connectivity index (χ1) is 8.70. The number of hydrogen-bond donors (Lipinski definition) is 0. The zero-order chi connectivity index (χ0) is 14.7. The molecule has 1 saturated carbocycles. The Bertz CT molecular complexity index is 501. The van der Waals surface area contributed by atoms with Gasteiger partial charge in [-0.1, -0.05) is 19.3 Å². The van der Waals surface area contributed by atoms with Crippen LogP contribution in [0.2, 0.25) is 0 Å². The summed E-state index contributed by atoms with van der Waals surface area (Å²) in [5.41, 5.74) is 7.51. The third kappa shape index (κ3) is 4.21. The predicted molar refractivity (Wildman–Crippen MR) is 72.0 cm³/mol. The zero-order valence-corrected chi connectivity index (χ0v) is 12.8. The van der Waals surface area contributed by atoms with Crippen LogP contribution >= 0.6 is 0 Å². The van der Waals surface area contributed by atoms with Crippen LogP contribution in [0.1, 0.15) is 46.0 Å². The van der Waals surface area contributed by atoms with Crippen molar-refractivity contribution in [2.45, 2.75) is 51.2 Å². The Morgan fingerprint density at radius 2 is 1.89 bits per heavy atom. The molecule has 1 rings (SSSR count). The molecule has 6 nitrogen and oxygen atoms in total. The molecule has 0 spiro atoms. The number of sulfone groups is 1. The molecule has 1 aliphatic rings. The lowest BCUT2D eigenvalue weighted by molar-refractivity contribution is -0.0115. The first kappa shape index (κ1) is 16.5. The average Bonchev–Trinajstić information content (AvgIpc) is 2.28. The SMILES string of the molecule is CC(C)(CS(=O)(=O)C1CCCCC1)C(=[N+]=[N-])S(=O)[O-]. The molecule has 1 atom stereocenters. The minimum Gasteiger partial charge on any atom is -0.763 e. The molecule has 0 N–H and O–H groups in total. The van der Waals surface area contributed by atoms with Crippen molar-refractivity contribution >= 4 is 26.0 Å². The highest BCUT2D eigenvalue weighted by molar-refractivity contribution is 7.95. The topological polar surface area (TPSA) is 111 Å². The quantitative estimate of drug-likeness (QED) is 0.256. The third-order valence-corrected chi connectivity index (χ3v) is 7.01. The van der Waals surface area contributed by atoms with Gasteiger partial charge in [0.15, 0.2) is 9.84 Å². The van der Waals surface area contributed by atoms with E-state index >= 15 is 0 Å². The van der Waals surface area contributed by atoms with Crippen molar-refractivity contribution in [1.82, 2.24) is 0 Å². The second-order valence-electron chi connectivity index (χ2n) is 5.59. The molecule has 1 unspecified atom stereocenters. The molecule has 1 aliphatic carbocycles. The second kappa shape index (κ2) is 6.26. The van der Waals surface area contributed by atoms with Gasteiger partial charge in [0.2, 0.25) is 0 Å². The standard InChI is InChI=1S/C11H20N2O4S2/c1-11(2,10(13-12)18(14)15)8-19(16,17)9-6-4-3-5-7-9/h9H,3-8H2,1-2H3,(H,14,15)/p-1. The molecule has 1 fully saturated rings. The van der Waals surface area contributed by atoms with Crippen LogP contribution in [-0.2, 0) is 20.9 Å². The van der Waals surface area contributed by atoms with Gasteiger partial charge in [0.05, 0.1) is 27.5 Å². The highest BCUT2D eigenvalue weighted by atomic mass is 32.2. The van der Waals surface area contributed by atoms with Gasteiger partial charge in [0.1, 0.15) is 0 Å². The normalized spacial score (nSPS) is 19.7. The van der Waals surface area contributed by atoms with Gasteiger partial charge in [-0.3, -0.25) is 4.21 Å². The molecule has 0 amide bonds. The van der Waals surface area contributed by atoms with Gasteiger partial charge in [0.25, 0.3) is 0 Å². The van der Waals surface area contributed by atoms with E-state index in [1.54, 1.807) is 0 Å². The van der Waals surface area contributed by atoms with Gasteiger partial charge < -0.3 is 10.1 Å². The molecule has 19 heavy (non-hydrogen) atoms. The van der Waals surface area contributed by atoms with Crippen molar-refractivity contribution in [3.63, 3.8) is 0 Å². The Morgan fingerprint density at radius 1 is 1.37 bits per heavy atom. The fraction of sp³-hybridized carbons (Fsp3) is 0.909. The van der Waals surface area contributed by atoms with E-state index in [0.29, 0.717) is 12.8 Å². The molecule has 0 saturated heterocycles. The largest absolute Gasteiger partial charge is 0.763 e. The lowest BCUT2D eigenvalue weighted by Gasteiger charge is -2.26. The maximum atomic E-state index is 12.3. The van der Waals surface area contributed by atoms with Crippen molar-refractivity contribution in [2.75, 3.05) is 5.75 Å². The van der Waals surface area contributed by atoms with Gasteiger partial charge in [-0.25, -0.2) is 8.42 Å². The van der Waals surface area contributed by atoms with E-state index in [0.717, 1.165) is 19.3 Å². The van der Waals surface area contributed by atoms with Crippen molar-refractivity contribution in [1.29, 1.82) is 0 Å². The van der Waals surface area contributed by atoms with Crippen molar-refractivity contribution in [3.8, 4) is 0 Å². The van der Waals surface area contributed by atoms with Crippen LogP contribution in [0.15, 0.2) is 0 Å². The molecule has 0 bridgehead atoms. The average molecular weight is 307 g/mol. The predicted octanol–water partition coefficient (Wildman–Crippen LogP) is 1.27. The summed E-state index contributed by atoms with van der Waals surface area (Å²) in [5, 5.41) is -0.924. The van der Waals surface area contributed by atoms with Crippen molar-refractivity contribution < 1.29 is 22.0 Å². The lowest BCUT2D eigenvalue weighted by atomic mass is 9.98. The van der Waals surface area contributed by atoms with E-state index < -0.39 is 36.6 Å². The van der Waals surface area contributed by atoms with Gasteiger partial charge in [-0.15, -0.1) is 0 Å². The van der Waals surface area contributed by atoms with E-state index in [1.807, 2.05) is 0 Å². The number of rotatable bonds is 4. The number of hydrogen-bond acceptors (Lipinski definition) is 4. The summed E-state index contributed by atoms with van der Waals surface area (Å²) in [4.78, 5) is 2.73. The van der Waals surface area contributed by atoms with Crippen LogP contribution in [-0.4, -0.2) is 38.0 Å². The van der Waals surface area contributed by atoms with Crippen LogP contribution in [0.25, 0.3) is 5.53 Å². The van der Waals surface area contributed by atoms with Gasteiger partial charge >= 0.3 is 5.04 Å². The monoisotopic (exact) mass is 307 g/mol. The summed E-state index contributed by atoms with van der Waals surface area (Å²) < 4.78 is 46.5. The van der Waals surface area contributed by atoms with Crippen molar-refractivity contribution in [3.05, 3.63) is 5.53 Å². The molecular formula is C11H19N2O4S2-. The summed E-state index contributed by atoms with van der Waals surface area (Å²) in [7, 11) is -3.39. The van der Waals surface area contributed by atoms with E-state index in [9.17, 15) is 17.2 Å². The van der Waals surface area contributed by atoms with E-state index in [4.69, 9.17) is 5.53 Å². The summed E-state index contributed by atoms with van der Waals surface area (Å²) in [6.07, 6.45) is 4.08. The second-order valence-corrected chi connectivity index (χ2v) is 8.73. The minimum absolute atomic E-state index is 0.321. The molecule has 110 valence electrons. The minimum atomic E-state index is -3.39. The summed E-state index contributed by atoms with van der Waals surface area (Å²) >= 11 is -2.73. The Hall–Kier alpha value is -0.560. The van der Waals surface area contributed by atoms with Gasteiger partial charge in [-0.05, 0) is 26.7 Å². The van der Waals surface area contributed by atoms with E-state index in [1.165, 1.54) is 13.8 Å². The fourth-order valence-corrected chi connectivity index (χ4v) is 5.61. The number of nitrogens with zero attached hydrogens (tertiary/aromatic N) is 2. The van der Waals surface area contributed by atoms with Gasteiger partial charge in [0, 0.05) is 0 Å². The summed E-state index contributed by atoms with van der Waals surface area (Å²) in [6.45, 7) is 2.91. The third-order valence-electron chi connectivity index (χ3n) is 3.45. The Labute approximate surface area is 116 Å². The highest BCUT2D eigenvalue weighted by Crippen LogP contribution is 2.29. The summed E-state index contributed by atoms with van der Waals surface area (Å²) in [5.74, 6) is -0.321. The van der Waals surface area contributed by atoms with Crippen LogP contribution in [0.4, 0.5) is 0 Å². The van der Waals surface area contributed by atoms with E-state index in [-0.39, 0.29) is 5.75 Å². The first-order valence-electron chi connectivity index (χ1n) is 6.24. The Morgan fingerprint density at radius 3 is 2.32 bits per heavy atom. The van der Waals surface area contributed by atoms with Crippen LogP contribution in [0, 0.1) is 5.41 Å². The smallest absolute Gasteiger partial charge is 0.348 e. The molecule has 0 heterocycles. The summed E-state index contributed by atoms with van der Waals surface area (Å²) in [6, 6.07) is 0. The molecule has 0 radical (unpaired) electrons. The Balaban J connectivity index is 2.93. The van der Waals surface area contributed by atoms with Crippen LogP contribution < -0.4 is 0 Å². The molecule has 0 aromatic heterocycles. The van der Waals surface area contributed by atoms with Crippen LogP contribution in [0.3, 0.4) is 0 Å². The zero-order valence-electron chi connectivity index (χ0n) is 11.2. The molecule has 8 heteroatoms. The Kier molecular flexibility index (Phi) is 5.43.